The molecule has 5 rings (SSSR count). The van der Waals surface area contributed by atoms with Crippen molar-refractivity contribution in [3.8, 4) is 5.75 Å². The minimum Gasteiger partial charge on any atom is -0.493 e. The average Bonchev–Trinajstić information content (AvgIpc) is 3.34. The molecule has 0 bridgehead atoms. The minimum absolute atomic E-state index is 0.0213. The van der Waals surface area contributed by atoms with E-state index in [1.165, 1.54) is 24.8 Å². The van der Waals surface area contributed by atoms with Gasteiger partial charge >= 0.3 is 12.1 Å². The predicted octanol–water partition coefficient (Wildman–Crippen LogP) is 6.19. The van der Waals surface area contributed by atoms with E-state index in [0.29, 0.717) is 24.3 Å². The fourth-order valence-electron chi connectivity index (χ4n) is 4.80. The maximum atomic E-state index is 13.1. The van der Waals surface area contributed by atoms with Crippen LogP contribution in [0, 0.1) is 0 Å². The molecule has 2 aromatic heterocycles. The lowest BCUT2D eigenvalue weighted by Crippen LogP contribution is -2.16. The van der Waals surface area contributed by atoms with E-state index in [-0.39, 0.29) is 6.42 Å². The van der Waals surface area contributed by atoms with Crippen molar-refractivity contribution in [3.05, 3.63) is 89.2 Å². The maximum Gasteiger partial charge on any atom is 0.416 e. The van der Waals surface area contributed by atoms with Crippen LogP contribution in [0.5, 0.6) is 5.75 Å². The van der Waals surface area contributed by atoms with Crippen LogP contribution in [0.2, 0.25) is 0 Å². The first-order chi connectivity index (χ1) is 18.3. The van der Waals surface area contributed by atoms with Crippen LogP contribution in [0.15, 0.2) is 66.9 Å². The van der Waals surface area contributed by atoms with Crippen LogP contribution in [-0.4, -0.2) is 35.8 Å². The number of rotatable bonds is 8. The van der Waals surface area contributed by atoms with Crippen LogP contribution in [-0.2, 0) is 28.5 Å². The first kappa shape index (κ1) is 25.6. The standard InChI is InChI=1S/C29H28F3N3O3/c1-37-27(36)18-26(19-4-7-22(8-5-19)29(30,31)32)35-15-12-21-17-24(10-11-25(21)35)38-16-13-23-9-6-20-3-2-14-33-28(20)34-23/h4-12,15,17,26H,2-3,13-14,16,18H2,1H3,(H,33,34). The summed E-state index contributed by atoms with van der Waals surface area (Å²) >= 11 is 0. The highest BCUT2D eigenvalue weighted by molar-refractivity contribution is 5.82. The van der Waals surface area contributed by atoms with Gasteiger partial charge in [0.1, 0.15) is 11.6 Å². The molecule has 0 radical (unpaired) electrons. The highest BCUT2D eigenvalue weighted by Crippen LogP contribution is 2.33. The molecule has 0 saturated heterocycles. The summed E-state index contributed by atoms with van der Waals surface area (Å²) in [4.78, 5) is 16.9. The molecule has 0 amide bonds. The Hall–Kier alpha value is -4.01. The number of halogens is 3. The molecular formula is C29H28F3N3O3. The van der Waals surface area contributed by atoms with Crippen molar-refractivity contribution >= 4 is 22.7 Å². The van der Waals surface area contributed by atoms with Crippen molar-refractivity contribution in [2.75, 3.05) is 25.6 Å². The number of esters is 1. The quantitative estimate of drug-likeness (QED) is 0.279. The Bertz CT molecular complexity index is 1430. The van der Waals surface area contributed by atoms with E-state index >= 15 is 0 Å². The van der Waals surface area contributed by atoms with Crippen molar-refractivity contribution in [3.63, 3.8) is 0 Å². The van der Waals surface area contributed by atoms with Crippen molar-refractivity contribution in [2.24, 2.45) is 0 Å². The second-order valence-corrected chi connectivity index (χ2v) is 9.30. The minimum atomic E-state index is -4.43. The first-order valence-corrected chi connectivity index (χ1v) is 12.5. The number of anilines is 1. The number of hydrogen-bond donors (Lipinski definition) is 1. The van der Waals surface area contributed by atoms with Gasteiger partial charge in [-0.15, -0.1) is 0 Å². The van der Waals surface area contributed by atoms with Gasteiger partial charge in [-0.3, -0.25) is 4.79 Å². The van der Waals surface area contributed by atoms with Gasteiger partial charge in [0.2, 0.25) is 0 Å². The van der Waals surface area contributed by atoms with Crippen LogP contribution in [0.3, 0.4) is 0 Å². The van der Waals surface area contributed by atoms with Gasteiger partial charge in [0.25, 0.3) is 0 Å². The Kier molecular flexibility index (Phi) is 7.26. The monoisotopic (exact) mass is 523 g/mol. The van der Waals surface area contributed by atoms with Gasteiger partial charge in [0.15, 0.2) is 0 Å². The Morgan fingerprint density at radius 1 is 1.11 bits per heavy atom. The van der Waals surface area contributed by atoms with Crippen LogP contribution in [0.4, 0.5) is 19.0 Å². The van der Waals surface area contributed by atoms with E-state index in [1.807, 2.05) is 41.1 Å². The van der Waals surface area contributed by atoms with Gasteiger partial charge in [-0.25, -0.2) is 4.98 Å². The third kappa shape index (κ3) is 5.61. The summed E-state index contributed by atoms with van der Waals surface area (Å²) in [6, 6.07) is 16.1. The number of aromatic nitrogens is 2. The van der Waals surface area contributed by atoms with Crippen molar-refractivity contribution in [1.82, 2.24) is 9.55 Å². The van der Waals surface area contributed by atoms with Crippen molar-refractivity contribution in [2.45, 2.75) is 37.9 Å². The second kappa shape index (κ2) is 10.8. The number of benzene rings is 2. The van der Waals surface area contributed by atoms with Gasteiger partial charge < -0.3 is 19.4 Å². The maximum absolute atomic E-state index is 13.1. The molecular weight excluding hydrogens is 495 g/mol. The number of alkyl halides is 3. The smallest absolute Gasteiger partial charge is 0.416 e. The number of nitrogens with zero attached hydrogens (tertiary/aromatic N) is 2. The summed E-state index contributed by atoms with van der Waals surface area (Å²) < 4.78 is 51.9. The topological polar surface area (TPSA) is 65.4 Å². The van der Waals surface area contributed by atoms with E-state index < -0.39 is 23.8 Å². The highest BCUT2D eigenvalue weighted by atomic mass is 19.4. The largest absolute Gasteiger partial charge is 0.493 e. The number of nitrogens with one attached hydrogen (secondary N) is 1. The zero-order valence-electron chi connectivity index (χ0n) is 20.9. The summed E-state index contributed by atoms with van der Waals surface area (Å²) in [5.41, 5.74) is 2.88. The number of ether oxygens (including phenoxy) is 2. The molecule has 198 valence electrons. The molecule has 1 N–H and O–H groups in total. The van der Waals surface area contributed by atoms with Gasteiger partial charge in [0, 0.05) is 35.8 Å². The van der Waals surface area contributed by atoms with E-state index in [1.54, 1.807) is 0 Å². The Morgan fingerprint density at radius 3 is 2.68 bits per heavy atom. The van der Waals surface area contributed by atoms with E-state index in [2.05, 4.69) is 11.4 Å². The summed E-state index contributed by atoms with van der Waals surface area (Å²) in [6.45, 7) is 1.41. The molecule has 2 aromatic carbocycles. The van der Waals surface area contributed by atoms with Gasteiger partial charge in [-0.05, 0) is 66.4 Å². The zero-order valence-corrected chi connectivity index (χ0v) is 20.9. The lowest BCUT2D eigenvalue weighted by molar-refractivity contribution is -0.141. The SMILES string of the molecule is COC(=O)CC(c1ccc(C(F)(F)F)cc1)n1ccc2cc(OCCc3ccc4c(n3)NCCC4)ccc21. The summed E-state index contributed by atoms with van der Waals surface area (Å²) in [6.07, 6.45) is 0.208. The van der Waals surface area contributed by atoms with E-state index in [0.717, 1.165) is 53.9 Å². The molecule has 0 fully saturated rings. The molecule has 0 aliphatic carbocycles. The summed E-state index contributed by atoms with van der Waals surface area (Å²) in [7, 11) is 1.29. The molecule has 4 aromatic rings. The molecule has 6 nitrogen and oxygen atoms in total. The molecule has 3 heterocycles. The molecule has 1 atom stereocenters. The van der Waals surface area contributed by atoms with Gasteiger partial charge in [0.05, 0.1) is 31.7 Å². The van der Waals surface area contributed by atoms with Crippen molar-refractivity contribution < 1.29 is 27.4 Å². The molecule has 38 heavy (non-hydrogen) atoms. The Morgan fingerprint density at radius 2 is 1.92 bits per heavy atom. The number of methoxy groups -OCH3 is 1. The third-order valence-electron chi connectivity index (χ3n) is 6.82. The first-order valence-electron chi connectivity index (χ1n) is 12.5. The number of pyridine rings is 1. The average molecular weight is 524 g/mol. The number of fused-ring (bicyclic) bond motifs is 2. The fraction of sp³-hybridized carbons (Fsp3) is 0.310. The number of carbonyl (C=O) groups is 1. The van der Waals surface area contributed by atoms with E-state index in [9.17, 15) is 18.0 Å². The summed E-state index contributed by atoms with van der Waals surface area (Å²) in [5.74, 6) is 1.21. The lowest BCUT2D eigenvalue weighted by atomic mass is 10.0. The summed E-state index contributed by atoms with van der Waals surface area (Å²) in [5, 5.41) is 4.24. The van der Waals surface area contributed by atoms with E-state index in [4.69, 9.17) is 14.5 Å². The molecule has 0 saturated carbocycles. The fourth-order valence-corrected chi connectivity index (χ4v) is 4.80. The van der Waals surface area contributed by atoms with Gasteiger partial charge in [-0.2, -0.15) is 13.2 Å². The molecule has 9 heteroatoms. The Labute approximate surface area is 218 Å². The highest BCUT2D eigenvalue weighted by Gasteiger charge is 2.30. The molecule has 1 unspecified atom stereocenters. The molecule has 1 aliphatic rings. The number of carbonyl (C=O) groups excluding carboxylic acids is 1. The van der Waals surface area contributed by atoms with Crippen molar-refractivity contribution in [1.29, 1.82) is 0 Å². The number of hydrogen-bond acceptors (Lipinski definition) is 5. The number of aryl methyl sites for hydroxylation is 1. The van der Waals surface area contributed by atoms with Crippen LogP contribution in [0.1, 0.15) is 41.3 Å². The predicted molar refractivity (Wildman–Crippen MR) is 138 cm³/mol. The third-order valence-corrected chi connectivity index (χ3v) is 6.82. The molecule has 0 spiro atoms. The van der Waals surface area contributed by atoms with Crippen LogP contribution in [0.25, 0.3) is 10.9 Å². The zero-order chi connectivity index (χ0) is 26.7. The normalized spacial score (nSPS) is 14.0. The lowest BCUT2D eigenvalue weighted by Gasteiger charge is -2.20. The Balaban J connectivity index is 1.32. The second-order valence-electron chi connectivity index (χ2n) is 9.30. The van der Waals surface area contributed by atoms with Crippen LogP contribution >= 0.6 is 0 Å². The van der Waals surface area contributed by atoms with Gasteiger partial charge in [-0.1, -0.05) is 18.2 Å². The van der Waals surface area contributed by atoms with Crippen LogP contribution < -0.4 is 10.1 Å². The molecule has 1 aliphatic heterocycles.